The van der Waals surface area contributed by atoms with Gasteiger partial charge in [-0.15, -0.1) is 22.0 Å². The Kier molecular flexibility index (Phi) is 5.65. The average molecular weight is 356 g/mol. The lowest BCUT2D eigenvalue weighted by atomic mass is 10.2. The Balaban J connectivity index is 1.43. The molecular weight excluding hydrogens is 336 g/mol. The number of hydrogen-bond donors (Lipinski definition) is 1. The smallest absolute Gasteiger partial charge is 0.227 e. The second kappa shape index (κ2) is 8.11. The SMILES string of the molecule is CC(=O)Nc1ccc(SCCCC(=O)N2CCc3ccccc32)nn1. The average Bonchev–Trinajstić information content (AvgIpc) is 3.03. The Morgan fingerprint density at radius 3 is 2.80 bits per heavy atom. The molecule has 1 N–H and O–H groups in total. The lowest BCUT2D eigenvalue weighted by molar-refractivity contribution is -0.118. The summed E-state index contributed by atoms with van der Waals surface area (Å²) in [4.78, 5) is 25.2. The summed E-state index contributed by atoms with van der Waals surface area (Å²) >= 11 is 1.56. The lowest BCUT2D eigenvalue weighted by Gasteiger charge is -2.17. The zero-order chi connectivity index (χ0) is 17.6. The van der Waals surface area contributed by atoms with Gasteiger partial charge in [0, 0.05) is 31.3 Å². The van der Waals surface area contributed by atoms with E-state index in [1.165, 1.54) is 12.5 Å². The van der Waals surface area contributed by atoms with Crippen LogP contribution in [0.1, 0.15) is 25.3 Å². The highest BCUT2D eigenvalue weighted by Crippen LogP contribution is 2.28. The third-order valence-electron chi connectivity index (χ3n) is 3.92. The molecule has 0 saturated heterocycles. The first-order valence-electron chi connectivity index (χ1n) is 8.26. The number of anilines is 2. The molecule has 2 amide bonds. The quantitative estimate of drug-likeness (QED) is 0.636. The number of carbonyl (C=O) groups is 2. The van der Waals surface area contributed by atoms with Gasteiger partial charge >= 0.3 is 0 Å². The fourth-order valence-corrected chi connectivity index (χ4v) is 3.54. The van der Waals surface area contributed by atoms with Crippen LogP contribution >= 0.6 is 11.8 Å². The van der Waals surface area contributed by atoms with Crippen LogP contribution in [0.2, 0.25) is 0 Å². The molecule has 0 saturated carbocycles. The Morgan fingerprint density at radius 1 is 1.20 bits per heavy atom. The molecule has 1 aromatic carbocycles. The molecular formula is C18H20N4O2S. The van der Waals surface area contributed by atoms with E-state index in [0.717, 1.165) is 35.9 Å². The second-order valence-electron chi connectivity index (χ2n) is 5.81. The molecule has 3 rings (SSSR count). The first kappa shape index (κ1) is 17.4. The number of benzene rings is 1. The Morgan fingerprint density at radius 2 is 2.04 bits per heavy atom. The standard InChI is InChI=1S/C18H20N4O2S/c1-13(23)19-16-8-9-17(21-20-16)25-12-4-7-18(24)22-11-10-14-5-2-3-6-15(14)22/h2-3,5-6,8-9H,4,7,10-12H2,1H3,(H,19,20,23). The molecule has 0 fully saturated rings. The highest BCUT2D eigenvalue weighted by molar-refractivity contribution is 7.99. The van der Waals surface area contributed by atoms with Gasteiger partial charge in [0.2, 0.25) is 11.8 Å². The fourth-order valence-electron chi connectivity index (χ4n) is 2.78. The van der Waals surface area contributed by atoms with Crippen molar-refractivity contribution in [3.63, 3.8) is 0 Å². The summed E-state index contributed by atoms with van der Waals surface area (Å²) in [5, 5.41) is 11.4. The molecule has 1 aliphatic heterocycles. The van der Waals surface area contributed by atoms with Crippen molar-refractivity contribution in [1.29, 1.82) is 0 Å². The zero-order valence-electron chi connectivity index (χ0n) is 14.1. The Hall–Kier alpha value is -2.41. The summed E-state index contributed by atoms with van der Waals surface area (Å²) in [6.07, 6.45) is 2.25. The normalized spacial score (nSPS) is 12.8. The summed E-state index contributed by atoms with van der Waals surface area (Å²) in [7, 11) is 0. The minimum absolute atomic E-state index is 0.170. The Labute approximate surface area is 151 Å². The highest BCUT2D eigenvalue weighted by Gasteiger charge is 2.23. The summed E-state index contributed by atoms with van der Waals surface area (Å²) in [6.45, 7) is 2.21. The van der Waals surface area contributed by atoms with E-state index in [2.05, 4.69) is 21.6 Å². The van der Waals surface area contributed by atoms with E-state index >= 15 is 0 Å². The largest absolute Gasteiger partial charge is 0.312 e. The molecule has 0 unspecified atom stereocenters. The van der Waals surface area contributed by atoms with Crippen LogP contribution in [-0.4, -0.2) is 34.3 Å². The molecule has 1 aliphatic rings. The van der Waals surface area contributed by atoms with Gasteiger partial charge in [-0.1, -0.05) is 18.2 Å². The van der Waals surface area contributed by atoms with Crippen molar-refractivity contribution in [1.82, 2.24) is 10.2 Å². The monoisotopic (exact) mass is 356 g/mol. The number of aromatic nitrogens is 2. The van der Waals surface area contributed by atoms with Crippen LogP contribution in [0.4, 0.5) is 11.5 Å². The van der Waals surface area contributed by atoms with Gasteiger partial charge in [-0.3, -0.25) is 9.59 Å². The molecule has 7 heteroatoms. The van der Waals surface area contributed by atoms with E-state index < -0.39 is 0 Å². The van der Waals surface area contributed by atoms with Crippen LogP contribution in [0.25, 0.3) is 0 Å². The number of para-hydroxylation sites is 1. The molecule has 6 nitrogen and oxygen atoms in total. The fraction of sp³-hybridized carbons (Fsp3) is 0.333. The maximum atomic E-state index is 12.4. The highest BCUT2D eigenvalue weighted by atomic mass is 32.2. The number of thioether (sulfide) groups is 1. The molecule has 2 aromatic rings. The van der Waals surface area contributed by atoms with E-state index in [-0.39, 0.29) is 11.8 Å². The summed E-state index contributed by atoms with van der Waals surface area (Å²) in [5.41, 5.74) is 2.30. The molecule has 2 heterocycles. The number of nitrogens with one attached hydrogen (secondary N) is 1. The van der Waals surface area contributed by atoms with Crippen LogP contribution in [-0.2, 0) is 16.0 Å². The van der Waals surface area contributed by atoms with Crippen molar-refractivity contribution in [2.45, 2.75) is 31.2 Å². The van der Waals surface area contributed by atoms with Gasteiger partial charge in [-0.25, -0.2) is 0 Å². The minimum Gasteiger partial charge on any atom is -0.312 e. The number of fused-ring (bicyclic) bond motifs is 1. The van der Waals surface area contributed by atoms with Gasteiger partial charge in [-0.2, -0.15) is 0 Å². The molecule has 0 atom stereocenters. The number of carbonyl (C=O) groups excluding carboxylic acids is 2. The minimum atomic E-state index is -0.170. The number of amides is 2. The van der Waals surface area contributed by atoms with Crippen molar-refractivity contribution in [3.8, 4) is 0 Å². The predicted octanol–water partition coefficient (Wildman–Crippen LogP) is 2.90. The summed E-state index contributed by atoms with van der Waals surface area (Å²) in [5.74, 6) is 1.25. The zero-order valence-corrected chi connectivity index (χ0v) is 14.9. The summed E-state index contributed by atoms with van der Waals surface area (Å²) in [6, 6.07) is 11.6. The third kappa shape index (κ3) is 4.57. The first-order chi connectivity index (χ1) is 12.1. The molecule has 0 radical (unpaired) electrons. The molecule has 0 spiro atoms. The van der Waals surface area contributed by atoms with Gasteiger partial charge < -0.3 is 10.2 Å². The van der Waals surface area contributed by atoms with Crippen LogP contribution in [0.3, 0.4) is 0 Å². The van der Waals surface area contributed by atoms with Crippen molar-refractivity contribution in [2.24, 2.45) is 0 Å². The van der Waals surface area contributed by atoms with Gasteiger partial charge in [0.05, 0.1) is 0 Å². The van der Waals surface area contributed by atoms with Gasteiger partial charge in [0.1, 0.15) is 5.03 Å². The van der Waals surface area contributed by atoms with Crippen molar-refractivity contribution in [3.05, 3.63) is 42.0 Å². The van der Waals surface area contributed by atoms with Crippen LogP contribution in [0.15, 0.2) is 41.4 Å². The summed E-state index contributed by atoms with van der Waals surface area (Å²) < 4.78 is 0. The second-order valence-corrected chi connectivity index (χ2v) is 6.93. The lowest BCUT2D eigenvalue weighted by Crippen LogP contribution is -2.28. The van der Waals surface area contributed by atoms with E-state index in [1.54, 1.807) is 17.8 Å². The molecule has 25 heavy (non-hydrogen) atoms. The van der Waals surface area contributed by atoms with Crippen molar-refractivity contribution < 1.29 is 9.59 Å². The molecule has 1 aromatic heterocycles. The third-order valence-corrected chi connectivity index (χ3v) is 4.92. The molecule has 0 aliphatic carbocycles. The maximum Gasteiger partial charge on any atom is 0.227 e. The van der Waals surface area contributed by atoms with E-state index in [9.17, 15) is 9.59 Å². The van der Waals surface area contributed by atoms with E-state index in [1.807, 2.05) is 29.2 Å². The number of rotatable bonds is 6. The van der Waals surface area contributed by atoms with E-state index in [0.29, 0.717) is 12.2 Å². The maximum absolute atomic E-state index is 12.4. The number of hydrogen-bond acceptors (Lipinski definition) is 5. The van der Waals surface area contributed by atoms with Gasteiger partial charge in [-0.05, 0) is 36.6 Å². The van der Waals surface area contributed by atoms with Gasteiger partial charge in [0.15, 0.2) is 5.82 Å². The van der Waals surface area contributed by atoms with E-state index in [4.69, 9.17) is 0 Å². The van der Waals surface area contributed by atoms with Crippen molar-refractivity contribution in [2.75, 3.05) is 22.5 Å². The number of nitrogens with zero attached hydrogens (tertiary/aromatic N) is 3. The van der Waals surface area contributed by atoms with Crippen LogP contribution < -0.4 is 10.2 Å². The van der Waals surface area contributed by atoms with Crippen LogP contribution in [0.5, 0.6) is 0 Å². The first-order valence-corrected chi connectivity index (χ1v) is 9.24. The topological polar surface area (TPSA) is 75.2 Å². The molecule has 130 valence electrons. The Bertz CT molecular complexity index is 764. The van der Waals surface area contributed by atoms with Crippen LogP contribution in [0, 0.1) is 0 Å². The van der Waals surface area contributed by atoms with Gasteiger partial charge in [0.25, 0.3) is 0 Å². The molecule has 0 bridgehead atoms. The van der Waals surface area contributed by atoms with Crippen molar-refractivity contribution >= 4 is 35.1 Å². The predicted molar refractivity (Wildman–Crippen MR) is 98.8 cm³/mol.